The van der Waals surface area contributed by atoms with Gasteiger partial charge in [0.25, 0.3) is 0 Å². The van der Waals surface area contributed by atoms with Gasteiger partial charge in [0.15, 0.2) is 5.78 Å². The summed E-state index contributed by atoms with van der Waals surface area (Å²) < 4.78 is 0. The number of hydrogen-bond acceptors (Lipinski definition) is 4. The molecule has 6 N–H and O–H groups in total. The first-order chi connectivity index (χ1) is 15.4. The van der Waals surface area contributed by atoms with Gasteiger partial charge < -0.3 is 26.7 Å². The van der Waals surface area contributed by atoms with Crippen LogP contribution in [0.15, 0.2) is 30.5 Å². The molecule has 0 bridgehead atoms. The van der Waals surface area contributed by atoms with E-state index in [-0.39, 0.29) is 17.6 Å². The first-order valence-electron chi connectivity index (χ1n) is 11.5. The number of nitrogens with one attached hydrogen (secondary N) is 4. The predicted octanol–water partition coefficient (Wildman–Crippen LogP) is 2.63. The molecule has 2 rings (SSSR count). The summed E-state index contributed by atoms with van der Waals surface area (Å²) in [6.45, 7) is 4.42. The van der Waals surface area contributed by atoms with Crippen molar-refractivity contribution in [1.82, 2.24) is 20.9 Å². The molecular weight excluding hydrogens is 406 g/mol. The van der Waals surface area contributed by atoms with Crippen LogP contribution in [-0.4, -0.2) is 48.4 Å². The summed E-state index contributed by atoms with van der Waals surface area (Å²) in [6.07, 6.45) is 5.88. The summed E-state index contributed by atoms with van der Waals surface area (Å²) in [7, 11) is 1.75. The minimum atomic E-state index is -0.594. The Bertz CT molecular complexity index is 895. The minimum absolute atomic E-state index is 0.0590. The van der Waals surface area contributed by atoms with Crippen molar-refractivity contribution in [2.75, 3.05) is 13.6 Å². The number of carbonyl (C=O) groups excluding carboxylic acids is 3. The lowest BCUT2D eigenvalue weighted by atomic mass is 9.89. The van der Waals surface area contributed by atoms with Crippen molar-refractivity contribution in [2.24, 2.45) is 11.7 Å². The number of rotatable bonds is 14. The molecular formula is C24H37N5O3. The molecule has 1 unspecified atom stereocenters. The van der Waals surface area contributed by atoms with Crippen molar-refractivity contribution in [3.8, 4) is 0 Å². The highest BCUT2D eigenvalue weighted by Gasteiger charge is 2.29. The second-order valence-corrected chi connectivity index (χ2v) is 8.20. The Kier molecular flexibility index (Phi) is 10.2. The van der Waals surface area contributed by atoms with Crippen molar-refractivity contribution < 1.29 is 14.4 Å². The number of carbonyl (C=O) groups is 3. The van der Waals surface area contributed by atoms with Gasteiger partial charge in [-0.15, -0.1) is 0 Å². The average molecular weight is 444 g/mol. The van der Waals surface area contributed by atoms with E-state index >= 15 is 0 Å². The van der Waals surface area contributed by atoms with Gasteiger partial charge in [-0.3, -0.25) is 9.59 Å². The zero-order valence-corrected chi connectivity index (χ0v) is 19.4. The summed E-state index contributed by atoms with van der Waals surface area (Å²) in [5.41, 5.74) is 7.19. The molecule has 1 heterocycles. The van der Waals surface area contributed by atoms with Gasteiger partial charge in [0.1, 0.15) is 0 Å². The fraction of sp³-hybridized carbons (Fsp3) is 0.542. The number of aromatic nitrogens is 1. The number of hydrogen-bond donors (Lipinski definition) is 5. The number of H-pyrrole nitrogens is 1. The second kappa shape index (κ2) is 12.9. The topological polar surface area (TPSA) is 129 Å². The third-order valence-corrected chi connectivity index (χ3v) is 5.92. The van der Waals surface area contributed by atoms with E-state index < -0.39 is 18.1 Å². The second-order valence-electron chi connectivity index (χ2n) is 8.20. The minimum Gasteiger partial charge on any atom is -0.361 e. The largest absolute Gasteiger partial charge is 0.361 e. The molecule has 0 radical (unpaired) electrons. The van der Waals surface area contributed by atoms with E-state index in [0.717, 1.165) is 35.7 Å². The number of primary amides is 1. The summed E-state index contributed by atoms with van der Waals surface area (Å²) >= 11 is 0. The highest BCUT2D eigenvalue weighted by Crippen LogP contribution is 2.20. The lowest BCUT2D eigenvalue weighted by Gasteiger charge is -2.25. The number of ketones is 1. The molecule has 0 aliphatic heterocycles. The van der Waals surface area contributed by atoms with E-state index in [2.05, 4.69) is 27.9 Å². The molecule has 3 amide bonds. The van der Waals surface area contributed by atoms with Gasteiger partial charge in [-0.05, 0) is 50.8 Å². The maximum Gasteiger partial charge on any atom is 0.312 e. The lowest BCUT2D eigenvalue weighted by Crippen LogP contribution is -2.51. The first-order valence-corrected chi connectivity index (χ1v) is 11.5. The first kappa shape index (κ1) is 25.4. The molecule has 2 aromatic rings. The van der Waals surface area contributed by atoms with Crippen LogP contribution in [0.4, 0.5) is 4.79 Å². The van der Waals surface area contributed by atoms with Crippen LogP contribution < -0.4 is 21.7 Å². The van der Waals surface area contributed by atoms with Crippen LogP contribution in [0.3, 0.4) is 0 Å². The Morgan fingerprint density at radius 3 is 2.50 bits per heavy atom. The van der Waals surface area contributed by atoms with Crippen LogP contribution in [0.25, 0.3) is 10.9 Å². The number of amides is 3. The maximum absolute atomic E-state index is 13.2. The monoisotopic (exact) mass is 443 g/mol. The molecule has 0 fully saturated rings. The predicted molar refractivity (Wildman–Crippen MR) is 127 cm³/mol. The number of Topliss-reactive ketones (excluding diaryl/α,β-unsaturated/α-hetero) is 1. The quantitative estimate of drug-likeness (QED) is 0.287. The van der Waals surface area contributed by atoms with Crippen molar-refractivity contribution in [2.45, 2.75) is 64.5 Å². The summed E-state index contributed by atoms with van der Waals surface area (Å²) in [6, 6.07) is 6.31. The molecule has 0 saturated carbocycles. The fourth-order valence-corrected chi connectivity index (χ4v) is 4.10. The van der Waals surface area contributed by atoms with E-state index in [0.29, 0.717) is 25.8 Å². The van der Waals surface area contributed by atoms with Crippen LogP contribution in [0.5, 0.6) is 0 Å². The fourth-order valence-electron chi connectivity index (χ4n) is 4.10. The zero-order chi connectivity index (χ0) is 23.5. The normalized spacial score (nSPS) is 14.0. The highest BCUT2D eigenvalue weighted by atomic mass is 16.2. The Hall–Kier alpha value is -2.87. The molecule has 8 nitrogen and oxygen atoms in total. The van der Waals surface area contributed by atoms with Crippen molar-refractivity contribution >= 4 is 28.6 Å². The van der Waals surface area contributed by atoms with E-state index in [1.54, 1.807) is 7.05 Å². The van der Waals surface area contributed by atoms with Gasteiger partial charge in [0.2, 0.25) is 5.91 Å². The van der Waals surface area contributed by atoms with E-state index in [1.807, 2.05) is 37.4 Å². The van der Waals surface area contributed by atoms with Gasteiger partial charge >= 0.3 is 6.03 Å². The molecule has 1 aromatic heterocycles. The van der Waals surface area contributed by atoms with Gasteiger partial charge in [-0.2, -0.15) is 0 Å². The number of benzene rings is 1. The SMILES string of the molecule is CCCC(CC)C(=O)[C@H](CCCNC(N)=O)NC(=O)[C@H](Cc1c[nH]c2ccccc12)NC. The number of fused-ring (bicyclic) bond motifs is 1. The van der Waals surface area contributed by atoms with Crippen LogP contribution in [0, 0.1) is 5.92 Å². The molecule has 3 atom stereocenters. The molecule has 32 heavy (non-hydrogen) atoms. The number of likely N-dealkylation sites (N-methyl/N-ethyl adjacent to an activating group) is 1. The summed E-state index contributed by atoms with van der Waals surface area (Å²) in [5, 5.41) is 9.70. The standard InChI is InChI=1S/C24H37N5O3/c1-4-9-16(5-2)22(30)20(12-8-13-27-24(25)32)29-23(31)21(26-3)14-17-15-28-19-11-7-6-10-18(17)19/h6-7,10-11,15-16,20-21,26,28H,4-5,8-9,12-14H2,1-3H3,(H,29,31)(H3,25,27,32)/t16?,20-,21-/m0/s1. The molecule has 0 saturated heterocycles. The Balaban J connectivity index is 2.10. The molecule has 8 heteroatoms. The smallest absolute Gasteiger partial charge is 0.312 e. The number of aromatic amines is 1. The van der Waals surface area contributed by atoms with Crippen LogP contribution in [-0.2, 0) is 16.0 Å². The van der Waals surface area contributed by atoms with Crippen molar-refractivity contribution in [3.63, 3.8) is 0 Å². The lowest BCUT2D eigenvalue weighted by molar-refractivity contribution is -0.131. The van der Waals surface area contributed by atoms with E-state index in [4.69, 9.17) is 5.73 Å². The van der Waals surface area contributed by atoms with Crippen LogP contribution >= 0.6 is 0 Å². The molecule has 176 valence electrons. The van der Waals surface area contributed by atoms with Crippen LogP contribution in [0.2, 0.25) is 0 Å². The number of para-hydroxylation sites is 1. The Morgan fingerprint density at radius 2 is 1.84 bits per heavy atom. The van der Waals surface area contributed by atoms with Crippen molar-refractivity contribution in [1.29, 1.82) is 0 Å². The summed E-state index contributed by atoms with van der Waals surface area (Å²) in [5.74, 6) is -0.231. The van der Waals surface area contributed by atoms with Gasteiger partial charge in [-0.1, -0.05) is 38.5 Å². The maximum atomic E-state index is 13.2. The van der Waals surface area contributed by atoms with E-state index in [9.17, 15) is 14.4 Å². The third-order valence-electron chi connectivity index (χ3n) is 5.92. The molecule has 0 aliphatic carbocycles. The highest BCUT2D eigenvalue weighted by molar-refractivity contribution is 5.92. The van der Waals surface area contributed by atoms with Crippen LogP contribution in [0.1, 0.15) is 51.5 Å². The Labute approximate surface area is 190 Å². The molecule has 0 aliphatic rings. The zero-order valence-electron chi connectivity index (χ0n) is 19.4. The molecule has 1 aromatic carbocycles. The Morgan fingerprint density at radius 1 is 1.09 bits per heavy atom. The van der Waals surface area contributed by atoms with Gasteiger partial charge in [0.05, 0.1) is 12.1 Å². The van der Waals surface area contributed by atoms with Gasteiger partial charge in [0, 0.05) is 29.6 Å². The molecule has 0 spiro atoms. The van der Waals surface area contributed by atoms with E-state index in [1.165, 1.54) is 0 Å². The average Bonchev–Trinajstić information content (AvgIpc) is 3.19. The van der Waals surface area contributed by atoms with Gasteiger partial charge in [-0.25, -0.2) is 4.79 Å². The summed E-state index contributed by atoms with van der Waals surface area (Å²) in [4.78, 5) is 40.5. The number of nitrogens with two attached hydrogens (primary N) is 1. The third kappa shape index (κ3) is 7.09. The number of urea groups is 1. The van der Waals surface area contributed by atoms with Crippen molar-refractivity contribution in [3.05, 3.63) is 36.0 Å².